The molecule has 0 heterocycles. The van der Waals surface area contributed by atoms with Crippen LogP contribution in [0.15, 0.2) is 48.0 Å². The molecular formula is C32H48O5Si. The molecule has 0 radical (unpaired) electrons. The molecule has 0 aromatic heterocycles. The molecule has 0 saturated heterocycles. The second-order valence-corrected chi connectivity index (χ2v) is 16.3. The van der Waals surface area contributed by atoms with Crippen molar-refractivity contribution < 1.29 is 23.4 Å². The molecule has 0 fully saturated rings. The molecule has 0 bridgehead atoms. The van der Waals surface area contributed by atoms with Crippen molar-refractivity contribution in [3.8, 4) is 17.2 Å². The van der Waals surface area contributed by atoms with Crippen LogP contribution in [0, 0.1) is 0 Å². The van der Waals surface area contributed by atoms with Crippen molar-refractivity contribution in [2.45, 2.75) is 78.4 Å². The maximum absolute atomic E-state index is 6.84. The highest BCUT2D eigenvalue weighted by Gasteiger charge is 2.46. The average Bonchev–Trinajstić information content (AvgIpc) is 2.87. The van der Waals surface area contributed by atoms with E-state index in [4.69, 9.17) is 23.4 Å². The van der Waals surface area contributed by atoms with E-state index in [1.807, 2.05) is 12.1 Å². The van der Waals surface area contributed by atoms with Crippen LogP contribution in [0.4, 0.5) is 0 Å². The lowest BCUT2D eigenvalue weighted by Gasteiger charge is -2.42. The second-order valence-electron chi connectivity index (χ2n) is 10.9. The van der Waals surface area contributed by atoms with Gasteiger partial charge in [-0.05, 0) is 66.2 Å². The molecule has 0 atom stereocenters. The highest BCUT2D eigenvalue weighted by Crippen LogP contribution is 2.42. The maximum Gasteiger partial charge on any atom is 0.258 e. The molecule has 0 aliphatic rings. The fourth-order valence-electron chi connectivity index (χ4n) is 5.17. The Bertz CT molecular complexity index is 1030. The summed E-state index contributed by atoms with van der Waals surface area (Å²) in [7, 11) is 1.23. The molecule has 2 rings (SSSR count). The van der Waals surface area contributed by atoms with Crippen LogP contribution < -0.4 is 13.9 Å². The molecule has 5 nitrogen and oxygen atoms in total. The second kappa shape index (κ2) is 15.1. The van der Waals surface area contributed by atoms with Crippen LogP contribution in [0.3, 0.4) is 0 Å². The van der Waals surface area contributed by atoms with Gasteiger partial charge in [-0.3, -0.25) is 0 Å². The molecule has 6 heteroatoms. The molecular weight excluding hydrogens is 492 g/mol. The van der Waals surface area contributed by atoms with Gasteiger partial charge in [0.2, 0.25) is 0 Å². The van der Waals surface area contributed by atoms with Crippen molar-refractivity contribution in [2.75, 3.05) is 27.8 Å². The molecule has 210 valence electrons. The van der Waals surface area contributed by atoms with E-state index in [-0.39, 0.29) is 13.6 Å². The van der Waals surface area contributed by atoms with Gasteiger partial charge in [0.15, 0.2) is 13.6 Å². The third-order valence-corrected chi connectivity index (χ3v) is 12.9. The minimum Gasteiger partial charge on any atom is -0.543 e. The SMILES string of the molecule is COCOc1cc(/C=C/c2ccc(O[Si](C(C)C)(C(C)C)C(C)C)cc2)c(CC=C(C)C)c(OCOC)c1. The molecule has 2 aromatic rings. The van der Waals surface area contributed by atoms with Gasteiger partial charge in [0.1, 0.15) is 17.2 Å². The minimum atomic E-state index is -1.99. The van der Waals surface area contributed by atoms with Gasteiger partial charge in [0.25, 0.3) is 8.32 Å². The summed E-state index contributed by atoms with van der Waals surface area (Å²) in [5.74, 6) is 2.37. The highest BCUT2D eigenvalue weighted by molar-refractivity contribution is 6.78. The van der Waals surface area contributed by atoms with Gasteiger partial charge in [-0.15, -0.1) is 0 Å². The Morgan fingerprint density at radius 2 is 1.34 bits per heavy atom. The molecule has 38 heavy (non-hydrogen) atoms. The van der Waals surface area contributed by atoms with Crippen molar-refractivity contribution in [3.05, 3.63) is 64.7 Å². The number of ether oxygens (including phenoxy) is 4. The first-order valence-corrected chi connectivity index (χ1v) is 15.7. The first kappa shape index (κ1) is 31.7. The average molecular weight is 541 g/mol. The zero-order chi connectivity index (χ0) is 28.3. The topological polar surface area (TPSA) is 46.2 Å². The summed E-state index contributed by atoms with van der Waals surface area (Å²) in [6, 6.07) is 12.4. The van der Waals surface area contributed by atoms with E-state index in [0.717, 1.165) is 34.6 Å². The molecule has 0 saturated carbocycles. The van der Waals surface area contributed by atoms with Gasteiger partial charge in [0, 0.05) is 25.8 Å². The number of methoxy groups -OCH3 is 2. The Balaban J connectivity index is 2.42. The first-order chi connectivity index (χ1) is 18.0. The summed E-state index contributed by atoms with van der Waals surface area (Å²) in [4.78, 5) is 0. The van der Waals surface area contributed by atoms with Crippen molar-refractivity contribution in [3.63, 3.8) is 0 Å². The normalized spacial score (nSPS) is 12.0. The van der Waals surface area contributed by atoms with Crippen molar-refractivity contribution in [2.24, 2.45) is 0 Å². The van der Waals surface area contributed by atoms with E-state index < -0.39 is 8.32 Å². The fourth-order valence-corrected chi connectivity index (χ4v) is 10.4. The summed E-state index contributed by atoms with van der Waals surface area (Å²) >= 11 is 0. The molecule has 0 unspecified atom stereocenters. The van der Waals surface area contributed by atoms with Crippen LogP contribution in [0.25, 0.3) is 12.2 Å². The van der Waals surface area contributed by atoms with Crippen LogP contribution in [0.2, 0.25) is 16.6 Å². The van der Waals surface area contributed by atoms with Gasteiger partial charge >= 0.3 is 0 Å². The molecule has 0 N–H and O–H groups in total. The maximum atomic E-state index is 6.84. The standard InChI is InChI=1S/C32H48O5Si/c1-23(2)11-18-31-28(19-30(35-21-33-9)20-32(31)36-22-34-10)15-12-27-13-16-29(17-14-27)37-38(24(3)4,25(5)6)26(7)8/h11-17,19-20,24-26H,18,21-22H2,1-10H3/b15-12+. The van der Waals surface area contributed by atoms with Crippen molar-refractivity contribution >= 4 is 20.5 Å². The van der Waals surface area contributed by atoms with E-state index >= 15 is 0 Å². The Labute approximate surface area is 231 Å². The lowest BCUT2D eigenvalue weighted by Crippen LogP contribution is -2.50. The van der Waals surface area contributed by atoms with Gasteiger partial charge in [-0.25, -0.2) is 0 Å². The van der Waals surface area contributed by atoms with E-state index in [2.05, 4.69) is 97.9 Å². The van der Waals surface area contributed by atoms with Gasteiger partial charge in [0.05, 0.1) is 0 Å². The number of hydrogen-bond acceptors (Lipinski definition) is 5. The van der Waals surface area contributed by atoms with Gasteiger partial charge in [-0.2, -0.15) is 0 Å². The predicted molar refractivity (Wildman–Crippen MR) is 162 cm³/mol. The number of allylic oxidation sites excluding steroid dienone is 2. The molecule has 0 aliphatic carbocycles. The zero-order valence-electron chi connectivity index (χ0n) is 25.1. The third kappa shape index (κ3) is 8.48. The van der Waals surface area contributed by atoms with Crippen molar-refractivity contribution in [1.82, 2.24) is 0 Å². The van der Waals surface area contributed by atoms with Crippen LogP contribution >= 0.6 is 0 Å². The lowest BCUT2D eigenvalue weighted by molar-refractivity contribution is 0.0456. The summed E-state index contributed by atoms with van der Waals surface area (Å²) in [5, 5.41) is 0. The number of hydrogen-bond donors (Lipinski definition) is 0. The summed E-state index contributed by atoms with van der Waals surface area (Å²) in [6.45, 7) is 18.4. The van der Waals surface area contributed by atoms with E-state index in [9.17, 15) is 0 Å². The van der Waals surface area contributed by atoms with E-state index in [1.54, 1.807) is 14.2 Å². The lowest BCUT2D eigenvalue weighted by atomic mass is 10.00. The van der Waals surface area contributed by atoms with Crippen LogP contribution in [-0.4, -0.2) is 36.1 Å². The summed E-state index contributed by atoms with van der Waals surface area (Å²) in [5.41, 5.74) is 6.03. The number of rotatable bonds is 15. The summed E-state index contributed by atoms with van der Waals surface area (Å²) in [6.07, 6.45) is 7.16. The first-order valence-electron chi connectivity index (χ1n) is 13.6. The molecule has 2 aromatic carbocycles. The Kier molecular flexibility index (Phi) is 12.6. The predicted octanol–water partition coefficient (Wildman–Crippen LogP) is 8.89. The molecule has 0 aliphatic heterocycles. The monoisotopic (exact) mass is 540 g/mol. The number of benzene rings is 2. The third-order valence-electron chi connectivity index (χ3n) is 6.94. The molecule has 0 amide bonds. The zero-order valence-corrected chi connectivity index (χ0v) is 26.1. The Morgan fingerprint density at radius 3 is 1.87 bits per heavy atom. The minimum absolute atomic E-state index is 0.161. The quantitative estimate of drug-likeness (QED) is 0.0977. The highest BCUT2D eigenvalue weighted by atomic mass is 28.4. The summed E-state index contributed by atoms with van der Waals surface area (Å²) < 4.78 is 28.8. The van der Waals surface area contributed by atoms with Crippen LogP contribution in [-0.2, 0) is 15.9 Å². The van der Waals surface area contributed by atoms with E-state index in [0.29, 0.717) is 22.4 Å². The van der Waals surface area contributed by atoms with Crippen LogP contribution in [0.1, 0.15) is 72.1 Å². The largest absolute Gasteiger partial charge is 0.543 e. The van der Waals surface area contributed by atoms with Crippen molar-refractivity contribution in [1.29, 1.82) is 0 Å². The Hall–Kier alpha value is -2.54. The smallest absolute Gasteiger partial charge is 0.258 e. The van der Waals surface area contributed by atoms with Gasteiger partial charge < -0.3 is 23.4 Å². The molecule has 0 spiro atoms. The Morgan fingerprint density at radius 1 is 0.763 bits per heavy atom. The van der Waals surface area contributed by atoms with Crippen LogP contribution in [0.5, 0.6) is 17.2 Å². The van der Waals surface area contributed by atoms with Gasteiger partial charge in [-0.1, -0.05) is 77.5 Å². The fraction of sp³-hybridized carbons (Fsp3) is 0.500. The van der Waals surface area contributed by atoms with E-state index in [1.165, 1.54) is 5.57 Å².